The Bertz CT molecular complexity index is 1230. The lowest BCUT2D eigenvalue weighted by atomic mass is 10.1. The fourth-order valence-corrected chi connectivity index (χ4v) is 4.10. The Balaban J connectivity index is 1.84. The highest BCUT2D eigenvalue weighted by Crippen LogP contribution is 2.28. The van der Waals surface area contributed by atoms with Crippen molar-refractivity contribution in [3.05, 3.63) is 63.6 Å². The maximum Gasteiger partial charge on any atom is 0.296 e. The van der Waals surface area contributed by atoms with Crippen LogP contribution in [0.25, 0.3) is 0 Å². The molecular formula is C24H27FN4O6. The highest BCUT2D eigenvalue weighted by Gasteiger charge is 2.34. The second-order valence-corrected chi connectivity index (χ2v) is 8.38. The molecular weight excluding hydrogens is 459 g/mol. The van der Waals surface area contributed by atoms with E-state index in [1.54, 1.807) is 13.1 Å². The van der Waals surface area contributed by atoms with Gasteiger partial charge in [-0.2, -0.15) is 0 Å². The minimum atomic E-state index is -0.795. The summed E-state index contributed by atoms with van der Waals surface area (Å²) in [5, 5.41) is 13.2. The second-order valence-electron chi connectivity index (χ2n) is 8.38. The lowest BCUT2D eigenvalue weighted by molar-refractivity contribution is -0.128. The fraction of sp³-hybridized carbons (Fsp3) is 0.417. The van der Waals surface area contributed by atoms with Crippen LogP contribution in [0.2, 0.25) is 0 Å². The van der Waals surface area contributed by atoms with Gasteiger partial charge in [0.15, 0.2) is 5.69 Å². The van der Waals surface area contributed by atoms with Crippen molar-refractivity contribution in [2.45, 2.75) is 38.4 Å². The molecule has 0 aliphatic carbocycles. The number of likely N-dealkylation sites (N-methyl/N-ethyl adjacent to an activating group) is 1. The molecule has 2 bridgehead atoms. The molecule has 186 valence electrons. The number of amides is 2. The van der Waals surface area contributed by atoms with Crippen LogP contribution < -0.4 is 15.6 Å². The first-order valence-corrected chi connectivity index (χ1v) is 11.4. The molecule has 1 unspecified atom stereocenters. The standard InChI is InChI=1S/C24H27FN4O6/c1-3-16-12-34-13-17-22-27-20(21(31)24(33)29(16)22)23(32)26-11-14-7-8-15(25)10-18(14)35-9-5-4-6-19(30)28(17)2/h4,6-8,10,16-17,31H,3,5,9,11-13H2,1-2H3,(H,26,32)/b6-4+/t16?,17-/m1/s1. The summed E-state index contributed by atoms with van der Waals surface area (Å²) in [4.78, 5) is 44.8. The highest BCUT2D eigenvalue weighted by molar-refractivity contribution is 5.94. The Morgan fingerprint density at radius 1 is 1.26 bits per heavy atom. The number of carbonyl (C=O) groups excluding carboxylic acids is 2. The SMILES string of the molecule is CCC1COC[C@@H]2c3nc(c(O)c(=O)n31)C(=O)NCc1ccc(F)cc1OCC/C=C/C(=O)N2C. The van der Waals surface area contributed by atoms with Gasteiger partial charge in [0.1, 0.15) is 23.4 Å². The number of carbonyl (C=O) groups is 2. The maximum atomic E-state index is 13.8. The van der Waals surface area contributed by atoms with Crippen LogP contribution in [0.3, 0.4) is 0 Å². The van der Waals surface area contributed by atoms with Gasteiger partial charge in [0.05, 0.1) is 25.9 Å². The van der Waals surface area contributed by atoms with E-state index >= 15 is 0 Å². The molecule has 2 aliphatic heterocycles. The summed E-state index contributed by atoms with van der Waals surface area (Å²) in [5.74, 6) is -2.08. The summed E-state index contributed by atoms with van der Waals surface area (Å²) in [6.07, 6.45) is 3.91. The van der Waals surface area contributed by atoms with Crippen molar-refractivity contribution in [1.29, 1.82) is 0 Å². The minimum Gasteiger partial charge on any atom is -0.501 e. The predicted octanol–water partition coefficient (Wildman–Crippen LogP) is 1.84. The van der Waals surface area contributed by atoms with E-state index in [0.29, 0.717) is 18.4 Å². The van der Waals surface area contributed by atoms with Crippen LogP contribution in [0.5, 0.6) is 11.5 Å². The molecule has 35 heavy (non-hydrogen) atoms. The first-order valence-electron chi connectivity index (χ1n) is 11.4. The molecule has 2 aliphatic rings. The summed E-state index contributed by atoms with van der Waals surface area (Å²) in [7, 11) is 1.55. The summed E-state index contributed by atoms with van der Waals surface area (Å²) in [6.45, 7) is 2.25. The third-order valence-corrected chi connectivity index (χ3v) is 6.14. The van der Waals surface area contributed by atoms with E-state index in [-0.39, 0.29) is 43.8 Å². The average molecular weight is 487 g/mol. The molecule has 11 heteroatoms. The van der Waals surface area contributed by atoms with Crippen LogP contribution in [0, 0.1) is 5.82 Å². The van der Waals surface area contributed by atoms with Crippen molar-refractivity contribution in [1.82, 2.24) is 19.8 Å². The highest BCUT2D eigenvalue weighted by atomic mass is 19.1. The number of hydrogen-bond donors (Lipinski definition) is 2. The average Bonchev–Trinajstić information content (AvgIpc) is 3.03. The van der Waals surface area contributed by atoms with Crippen LogP contribution in [0.1, 0.15) is 53.7 Å². The van der Waals surface area contributed by atoms with Gasteiger partial charge < -0.3 is 24.8 Å². The smallest absolute Gasteiger partial charge is 0.296 e. The quantitative estimate of drug-likeness (QED) is 0.631. The predicted molar refractivity (Wildman–Crippen MR) is 123 cm³/mol. The second kappa shape index (κ2) is 10.3. The molecule has 3 heterocycles. The summed E-state index contributed by atoms with van der Waals surface area (Å²) < 4.78 is 26.5. The number of benzene rings is 1. The van der Waals surface area contributed by atoms with Gasteiger partial charge in [0.2, 0.25) is 11.7 Å². The minimum absolute atomic E-state index is 0.0493. The van der Waals surface area contributed by atoms with E-state index in [9.17, 15) is 23.9 Å². The maximum absolute atomic E-state index is 13.8. The first-order chi connectivity index (χ1) is 16.8. The largest absolute Gasteiger partial charge is 0.501 e. The zero-order chi connectivity index (χ0) is 25.1. The van der Waals surface area contributed by atoms with Crippen molar-refractivity contribution >= 4 is 11.8 Å². The normalized spacial score (nSPS) is 22.0. The van der Waals surface area contributed by atoms with E-state index in [4.69, 9.17) is 9.47 Å². The van der Waals surface area contributed by atoms with Gasteiger partial charge >= 0.3 is 0 Å². The summed E-state index contributed by atoms with van der Waals surface area (Å²) >= 11 is 0. The number of aromatic nitrogens is 2. The Kier molecular flexibility index (Phi) is 7.15. The molecule has 0 saturated carbocycles. The third-order valence-electron chi connectivity index (χ3n) is 6.14. The van der Waals surface area contributed by atoms with Crippen LogP contribution >= 0.6 is 0 Å². The summed E-state index contributed by atoms with van der Waals surface area (Å²) in [5.41, 5.74) is -0.753. The zero-order valence-corrected chi connectivity index (χ0v) is 19.5. The van der Waals surface area contributed by atoms with E-state index in [2.05, 4.69) is 10.3 Å². The van der Waals surface area contributed by atoms with Gasteiger partial charge in [-0.1, -0.05) is 19.1 Å². The molecule has 2 N–H and O–H groups in total. The van der Waals surface area contributed by atoms with E-state index in [0.717, 1.165) is 0 Å². The number of hydrogen-bond acceptors (Lipinski definition) is 7. The molecule has 1 aromatic heterocycles. The number of rotatable bonds is 1. The molecule has 4 rings (SSSR count). The number of fused-ring (bicyclic) bond motifs is 2. The Hall–Kier alpha value is -3.73. The Morgan fingerprint density at radius 3 is 2.83 bits per heavy atom. The fourth-order valence-electron chi connectivity index (χ4n) is 4.10. The van der Waals surface area contributed by atoms with Crippen molar-refractivity contribution in [2.24, 2.45) is 0 Å². The number of aromatic hydroxyl groups is 1. The first kappa shape index (κ1) is 24.4. The van der Waals surface area contributed by atoms with Crippen molar-refractivity contribution < 1.29 is 28.6 Å². The van der Waals surface area contributed by atoms with Gasteiger partial charge in [-0.15, -0.1) is 0 Å². The zero-order valence-electron chi connectivity index (χ0n) is 19.5. The Labute approximate surface area is 201 Å². The van der Waals surface area contributed by atoms with E-state index in [1.165, 1.54) is 33.7 Å². The van der Waals surface area contributed by atoms with Gasteiger partial charge in [-0.05, 0) is 25.0 Å². The van der Waals surface area contributed by atoms with Crippen molar-refractivity contribution in [3.8, 4) is 11.5 Å². The number of ether oxygens (including phenoxy) is 2. The lowest BCUT2D eigenvalue weighted by Crippen LogP contribution is -2.39. The molecule has 0 spiro atoms. The molecule has 0 fully saturated rings. The monoisotopic (exact) mass is 486 g/mol. The molecule has 10 nitrogen and oxygen atoms in total. The molecule has 2 amide bonds. The van der Waals surface area contributed by atoms with Gasteiger partial charge in [0.25, 0.3) is 11.5 Å². The number of nitrogens with zero attached hydrogens (tertiary/aromatic N) is 3. The number of nitrogens with one attached hydrogen (secondary N) is 1. The van der Waals surface area contributed by atoms with Gasteiger partial charge in [0, 0.05) is 25.2 Å². The lowest BCUT2D eigenvalue weighted by Gasteiger charge is -2.27. The van der Waals surface area contributed by atoms with Gasteiger partial charge in [-0.25, -0.2) is 9.37 Å². The molecule has 1 aromatic carbocycles. The molecule has 2 aromatic rings. The Morgan fingerprint density at radius 2 is 2.06 bits per heavy atom. The van der Waals surface area contributed by atoms with Crippen molar-refractivity contribution in [2.75, 3.05) is 26.9 Å². The van der Waals surface area contributed by atoms with Crippen LogP contribution in [-0.4, -0.2) is 58.2 Å². The van der Waals surface area contributed by atoms with E-state index < -0.39 is 40.8 Å². The molecule has 0 saturated heterocycles. The van der Waals surface area contributed by atoms with E-state index in [1.807, 2.05) is 6.92 Å². The number of halogens is 1. The van der Waals surface area contributed by atoms with Crippen LogP contribution in [0.15, 0.2) is 35.1 Å². The van der Waals surface area contributed by atoms with Crippen LogP contribution in [0.4, 0.5) is 4.39 Å². The van der Waals surface area contributed by atoms with Crippen molar-refractivity contribution in [3.63, 3.8) is 0 Å². The topological polar surface area (TPSA) is 123 Å². The molecule has 2 atom stereocenters. The van der Waals surface area contributed by atoms with Crippen LogP contribution in [-0.2, 0) is 16.1 Å². The van der Waals surface area contributed by atoms with Gasteiger partial charge in [-0.3, -0.25) is 19.0 Å². The third kappa shape index (κ3) is 4.90. The molecule has 0 radical (unpaired) electrons. The summed E-state index contributed by atoms with van der Waals surface area (Å²) in [6, 6.07) is 2.72.